The zero-order valence-electron chi connectivity index (χ0n) is 12.4. The first-order chi connectivity index (χ1) is 9.58. The molecule has 0 N–H and O–H groups in total. The minimum atomic E-state index is -0.0315. The number of nitrogens with zero attached hydrogens (tertiary/aromatic N) is 1. The molecule has 1 aromatic rings. The number of amides is 1. The second-order valence-electron chi connectivity index (χ2n) is 5.18. The summed E-state index contributed by atoms with van der Waals surface area (Å²) in [6.45, 7) is 4.98. The summed E-state index contributed by atoms with van der Waals surface area (Å²) in [7, 11) is 3.29. The average molecular weight is 295 g/mol. The van der Waals surface area contributed by atoms with Crippen LogP contribution in [0, 0.1) is 5.92 Å². The molecule has 1 fully saturated rings. The molecule has 0 spiro atoms. The van der Waals surface area contributed by atoms with E-state index in [0.29, 0.717) is 11.7 Å². The Kier molecular flexibility index (Phi) is 4.81. The number of carbonyl (C=O) groups is 1. The fraction of sp³-hybridized carbons (Fsp3) is 0.533. The van der Waals surface area contributed by atoms with E-state index in [9.17, 15) is 4.79 Å². The number of rotatable bonds is 5. The lowest BCUT2D eigenvalue weighted by Gasteiger charge is -2.28. The molecular weight excluding hydrogens is 274 g/mol. The van der Waals surface area contributed by atoms with Crippen LogP contribution in [0.15, 0.2) is 18.2 Å². The van der Waals surface area contributed by atoms with Crippen molar-refractivity contribution in [2.45, 2.75) is 19.2 Å². The lowest BCUT2D eigenvalue weighted by Crippen LogP contribution is -2.32. The number of hydrogen-bond acceptors (Lipinski definition) is 4. The summed E-state index contributed by atoms with van der Waals surface area (Å²) in [4.78, 5) is 14.0. The van der Waals surface area contributed by atoms with Gasteiger partial charge in [-0.2, -0.15) is 0 Å². The van der Waals surface area contributed by atoms with E-state index in [2.05, 4.69) is 13.8 Å². The summed E-state index contributed by atoms with van der Waals surface area (Å²) in [6, 6.07) is 5.72. The third-order valence-corrected chi connectivity index (χ3v) is 4.46. The summed E-state index contributed by atoms with van der Waals surface area (Å²) < 4.78 is 10.9. The van der Waals surface area contributed by atoms with Gasteiger partial charge in [0.15, 0.2) is 0 Å². The van der Waals surface area contributed by atoms with Gasteiger partial charge in [0.25, 0.3) is 0 Å². The number of methoxy groups -OCH3 is 2. The van der Waals surface area contributed by atoms with Crippen molar-refractivity contribution in [2.75, 3.05) is 26.5 Å². The van der Waals surface area contributed by atoms with Crippen molar-refractivity contribution in [3.05, 3.63) is 23.8 Å². The highest BCUT2D eigenvalue weighted by Gasteiger charge is 2.36. The van der Waals surface area contributed by atoms with E-state index >= 15 is 0 Å². The van der Waals surface area contributed by atoms with Crippen LogP contribution in [0.4, 0.5) is 0 Å². The minimum Gasteiger partial charge on any atom is -0.496 e. The Balaban J connectivity index is 2.41. The molecule has 0 aliphatic carbocycles. The van der Waals surface area contributed by atoms with Gasteiger partial charge in [-0.1, -0.05) is 19.9 Å². The van der Waals surface area contributed by atoms with Crippen LogP contribution < -0.4 is 9.47 Å². The van der Waals surface area contributed by atoms with Gasteiger partial charge >= 0.3 is 0 Å². The molecule has 1 amide bonds. The zero-order chi connectivity index (χ0) is 14.7. The summed E-state index contributed by atoms with van der Waals surface area (Å²) in [6.07, 6.45) is 0. The molecule has 1 aliphatic rings. The maximum absolute atomic E-state index is 12.1. The monoisotopic (exact) mass is 295 g/mol. The molecule has 5 heteroatoms. The summed E-state index contributed by atoms with van der Waals surface area (Å²) in [5, 5.41) is -0.0315. The Morgan fingerprint density at radius 3 is 2.40 bits per heavy atom. The highest BCUT2D eigenvalue weighted by atomic mass is 32.2. The largest absolute Gasteiger partial charge is 0.496 e. The van der Waals surface area contributed by atoms with Crippen molar-refractivity contribution in [3.63, 3.8) is 0 Å². The SMILES string of the molecule is COc1cccc(OC)c1C1SCC(=O)N1CC(C)C. The van der Waals surface area contributed by atoms with E-state index in [-0.39, 0.29) is 11.3 Å². The first-order valence-electron chi connectivity index (χ1n) is 6.70. The molecule has 0 saturated carbocycles. The van der Waals surface area contributed by atoms with Gasteiger partial charge in [-0.15, -0.1) is 11.8 Å². The molecule has 0 aromatic heterocycles. The van der Waals surface area contributed by atoms with Crippen LogP contribution >= 0.6 is 11.8 Å². The van der Waals surface area contributed by atoms with Crippen molar-refractivity contribution in [1.29, 1.82) is 0 Å². The van der Waals surface area contributed by atoms with Crippen molar-refractivity contribution >= 4 is 17.7 Å². The summed E-state index contributed by atoms with van der Waals surface area (Å²) >= 11 is 1.63. The second-order valence-corrected chi connectivity index (χ2v) is 6.25. The van der Waals surface area contributed by atoms with Gasteiger partial charge in [0.2, 0.25) is 5.91 Å². The summed E-state index contributed by atoms with van der Waals surface area (Å²) in [5.41, 5.74) is 0.953. The summed E-state index contributed by atoms with van der Waals surface area (Å²) in [5.74, 6) is 2.66. The van der Waals surface area contributed by atoms with Gasteiger partial charge in [-0.3, -0.25) is 4.79 Å². The van der Waals surface area contributed by atoms with Gasteiger partial charge < -0.3 is 14.4 Å². The van der Waals surface area contributed by atoms with Crippen molar-refractivity contribution in [2.24, 2.45) is 5.92 Å². The molecule has 1 atom stereocenters. The van der Waals surface area contributed by atoms with E-state index < -0.39 is 0 Å². The fourth-order valence-electron chi connectivity index (χ4n) is 2.41. The molecule has 1 aliphatic heterocycles. The normalized spacial score (nSPS) is 18.8. The highest BCUT2D eigenvalue weighted by molar-refractivity contribution is 8.00. The molecule has 1 heterocycles. The molecule has 1 saturated heterocycles. The lowest BCUT2D eigenvalue weighted by atomic mass is 10.1. The average Bonchev–Trinajstić information content (AvgIpc) is 2.78. The molecule has 0 radical (unpaired) electrons. The fourth-order valence-corrected chi connectivity index (χ4v) is 3.66. The van der Waals surface area contributed by atoms with Crippen LogP contribution in [0.3, 0.4) is 0 Å². The Hall–Kier alpha value is -1.36. The lowest BCUT2D eigenvalue weighted by molar-refractivity contribution is -0.128. The smallest absolute Gasteiger partial charge is 0.233 e. The molecule has 0 bridgehead atoms. The number of thioether (sulfide) groups is 1. The first kappa shape index (κ1) is 15.0. The quantitative estimate of drug-likeness (QED) is 0.837. The molecule has 20 heavy (non-hydrogen) atoms. The van der Waals surface area contributed by atoms with Crippen LogP contribution in [-0.4, -0.2) is 37.3 Å². The van der Waals surface area contributed by atoms with Crippen molar-refractivity contribution < 1.29 is 14.3 Å². The first-order valence-corrected chi connectivity index (χ1v) is 7.75. The number of hydrogen-bond donors (Lipinski definition) is 0. The maximum atomic E-state index is 12.1. The maximum Gasteiger partial charge on any atom is 0.233 e. The Morgan fingerprint density at radius 1 is 1.30 bits per heavy atom. The topological polar surface area (TPSA) is 38.8 Å². The third-order valence-electron chi connectivity index (χ3n) is 3.24. The van der Waals surface area contributed by atoms with E-state index in [1.807, 2.05) is 23.1 Å². The minimum absolute atomic E-state index is 0.0315. The van der Waals surface area contributed by atoms with Crippen molar-refractivity contribution in [1.82, 2.24) is 4.90 Å². The van der Waals surface area contributed by atoms with E-state index in [1.165, 1.54) is 0 Å². The van der Waals surface area contributed by atoms with E-state index in [4.69, 9.17) is 9.47 Å². The molecule has 1 aromatic carbocycles. The van der Waals surface area contributed by atoms with Gasteiger partial charge in [0.05, 0.1) is 25.5 Å². The van der Waals surface area contributed by atoms with Crippen LogP contribution in [0.5, 0.6) is 11.5 Å². The number of ether oxygens (including phenoxy) is 2. The Bertz CT molecular complexity index is 468. The van der Waals surface area contributed by atoms with Crippen LogP contribution in [-0.2, 0) is 4.79 Å². The third kappa shape index (κ3) is 2.87. The van der Waals surface area contributed by atoms with Gasteiger partial charge in [-0.25, -0.2) is 0 Å². The standard InChI is InChI=1S/C15H21NO3S/c1-10(2)8-16-13(17)9-20-15(16)14-11(18-3)6-5-7-12(14)19-4/h5-7,10,15H,8-9H2,1-4H3. The Labute approximate surface area is 124 Å². The molecule has 2 rings (SSSR count). The number of benzene rings is 1. The van der Waals surface area contributed by atoms with Crippen LogP contribution in [0.25, 0.3) is 0 Å². The molecule has 110 valence electrons. The highest BCUT2D eigenvalue weighted by Crippen LogP contribution is 2.46. The van der Waals surface area contributed by atoms with Gasteiger partial charge in [0.1, 0.15) is 16.9 Å². The van der Waals surface area contributed by atoms with Crippen LogP contribution in [0.1, 0.15) is 24.8 Å². The van der Waals surface area contributed by atoms with E-state index in [1.54, 1.807) is 26.0 Å². The molecular formula is C15H21NO3S. The molecule has 4 nitrogen and oxygen atoms in total. The van der Waals surface area contributed by atoms with Crippen LogP contribution in [0.2, 0.25) is 0 Å². The van der Waals surface area contributed by atoms with Crippen molar-refractivity contribution in [3.8, 4) is 11.5 Å². The number of carbonyl (C=O) groups excluding carboxylic acids is 1. The van der Waals surface area contributed by atoms with Gasteiger partial charge in [0, 0.05) is 6.54 Å². The zero-order valence-corrected chi connectivity index (χ0v) is 13.2. The van der Waals surface area contributed by atoms with Gasteiger partial charge in [-0.05, 0) is 18.1 Å². The second kappa shape index (κ2) is 6.39. The Morgan fingerprint density at radius 2 is 1.90 bits per heavy atom. The molecule has 1 unspecified atom stereocenters. The van der Waals surface area contributed by atoms with E-state index in [0.717, 1.165) is 23.6 Å². The predicted molar refractivity (Wildman–Crippen MR) is 81.3 cm³/mol. The predicted octanol–water partition coefficient (Wildman–Crippen LogP) is 2.93.